The number of nitrogens with two attached hydrogens (primary N) is 1. The van der Waals surface area contributed by atoms with Gasteiger partial charge in [0.05, 0.1) is 12.5 Å². The number of hydrogen-bond donors (Lipinski definition) is 2. The van der Waals surface area contributed by atoms with Crippen LogP contribution in [0.2, 0.25) is 0 Å². The van der Waals surface area contributed by atoms with E-state index in [1.807, 2.05) is 13.8 Å². The second-order valence-corrected chi connectivity index (χ2v) is 9.51. The van der Waals surface area contributed by atoms with Gasteiger partial charge in [-0.1, -0.05) is 25.5 Å². The fraction of sp³-hybridized carbons (Fsp3) is 0.533. The Hall–Kier alpha value is -1.18. The number of allylic oxidation sites excluding steroid dienone is 2. The van der Waals surface area contributed by atoms with Crippen LogP contribution in [-0.2, 0) is 21.4 Å². The highest BCUT2D eigenvalue weighted by atomic mass is 32.2. The Morgan fingerprint density at radius 1 is 1.41 bits per heavy atom. The van der Waals surface area contributed by atoms with Gasteiger partial charge in [-0.05, 0) is 37.3 Å². The third-order valence-corrected chi connectivity index (χ3v) is 6.58. The van der Waals surface area contributed by atoms with Crippen molar-refractivity contribution in [3.8, 4) is 0 Å². The summed E-state index contributed by atoms with van der Waals surface area (Å²) in [5, 5.41) is 7.96. The summed E-state index contributed by atoms with van der Waals surface area (Å²) in [6, 6.07) is 3.14. The highest BCUT2D eigenvalue weighted by molar-refractivity contribution is 7.91. The first-order valence-corrected chi connectivity index (χ1v) is 9.44. The zero-order chi connectivity index (χ0) is 16.7. The Morgan fingerprint density at radius 3 is 2.55 bits per heavy atom. The second-order valence-electron chi connectivity index (χ2n) is 6.55. The zero-order valence-electron chi connectivity index (χ0n) is 13.2. The van der Waals surface area contributed by atoms with E-state index in [1.165, 1.54) is 11.6 Å². The molecule has 1 aliphatic carbocycles. The Balaban J connectivity index is 1.97. The number of nitrogens with one attached hydrogen (secondary N) is 1. The van der Waals surface area contributed by atoms with Crippen LogP contribution in [0, 0.1) is 17.3 Å². The van der Waals surface area contributed by atoms with Gasteiger partial charge in [0, 0.05) is 4.88 Å². The van der Waals surface area contributed by atoms with Crippen LogP contribution in [0.15, 0.2) is 28.0 Å². The van der Waals surface area contributed by atoms with Gasteiger partial charge in [-0.3, -0.25) is 4.79 Å². The summed E-state index contributed by atoms with van der Waals surface area (Å²) in [5.41, 5.74) is 1.19. The monoisotopic (exact) mass is 342 g/mol. The molecule has 0 saturated heterocycles. The van der Waals surface area contributed by atoms with E-state index >= 15 is 0 Å². The average Bonchev–Trinajstić information content (AvgIpc) is 2.77. The number of hydrogen-bond acceptors (Lipinski definition) is 4. The summed E-state index contributed by atoms with van der Waals surface area (Å²) in [5.74, 6) is 0.249. The quantitative estimate of drug-likeness (QED) is 0.804. The number of amides is 1. The molecule has 7 heteroatoms. The molecule has 3 N–H and O–H groups in total. The summed E-state index contributed by atoms with van der Waals surface area (Å²) < 4.78 is 22.6. The number of thiophene rings is 1. The molecule has 122 valence electrons. The van der Waals surface area contributed by atoms with Gasteiger partial charge in [-0.15, -0.1) is 11.3 Å². The Labute approximate surface area is 135 Å². The predicted molar refractivity (Wildman–Crippen MR) is 87.7 cm³/mol. The first-order valence-electron chi connectivity index (χ1n) is 7.07. The van der Waals surface area contributed by atoms with Crippen LogP contribution >= 0.6 is 11.3 Å². The molecule has 0 aliphatic heterocycles. The first kappa shape index (κ1) is 17.2. The maximum atomic E-state index is 12.3. The summed E-state index contributed by atoms with van der Waals surface area (Å²) in [7, 11) is -3.67. The van der Waals surface area contributed by atoms with E-state index in [-0.39, 0.29) is 27.4 Å². The lowest BCUT2D eigenvalue weighted by atomic mass is 10.1. The molecule has 1 aliphatic rings. The summed E-state index contributed by atoms with van der Waals surface area (Å²) in [6.07, 6.45) is 2.15. The molecule has 0 bridgehead atoms. The maximum absolute atomic E-state index is 12.3. The fourth-order valence-corrected chi connectivity index (χ4v) is 4.46. The fourth-order valence-electron chi connectivity index (χ4n) is 2.74. The van der Waals surface area contributed by atoms with Gasteiger partial charge < -0.3 is 5.32 Å². The van der Waals surface area contributed by atoms with E-state index in [4.69, 9.17) is 5.14 Å². The van der Waals surface area contributed by atoms with Crippen LogP contribution in [-0.4, -0.2) is 14.3 Å². The lowest BCUT2D eigenvalue weighted by Gasteiger charge is -2.04. The minimum Gasteiger partial charge on any atom is -0.351 e. The molecule has 1 heterocycles. The molecule has 2 atom stereocenters. The van der Waals surface area contributed by atoms with Crippen molar-refractivity contribution in [3.63, 3.8) is 0 Å². The molecule has 1 amide bonds. The van der Waals surface area contributed by atoms with E-state index in [0.29, 0.717) is 6.54 Å². The van der Waals surface area contributed by atoms with Gasteiger partial charge in [0.15, 0.2) is 0 Å². The Morgan fingerprint density at radius 2 is 2.05 bits per heavy atom. The number of carbonyl (C=O) groups is 1. The zero-order valence-corrected chi connectivity index (χ0v) is 14.8. The van der Waals surface area contributed by atoms with E-state index in [2.05, 4.69) is 25.2 Å². The molecule has 2 unspecified atom stereocenters. The highest BCUT2D eigenvalue weighted by Gasteiger charge is 2.60. The van der Waals surface area contributed by atoms with Gasteiger partial charge in [-0.25, -0.2) is 13.6 Å². The first-order chi connectivity index (χ1) is 10.0. The molecule has 0 aromatic carbocycles. The molecule has 2 rings (SSSR count). The van der Waals surface area contributed by atoms with Crippen molar-refractivity contribution >= 4 is 27.3 Å². The van der Waals surface area contributed by atoms with Gasteiger partial charge >= 0.3 is 0 Å². The highest BCUT2D eigenvalue weighted by Crippen LogP contribution is 2.59. The average molecular weight is 342 g/mol. The minimum absolute atomic E-state index is 0.0121. The van der Waals surface area contributed by atoms with E-state index in [1.54, 1.807) is 6.07 Å². The molecule has 0 spiro atoms. The molecule has 1 fully saturated rings. The van der Waals surface area contributed by atoms with Gasteiger partial charge in [0.25, 0.3) is 0 Å². The summed E-state index contributed by atoms with van der Waals surface area (Å²) >= 11 is 1.09. The van der Waals surface area contributed by atoms with Crippen molar-refractivity contribution < 1.29 is 13.2 Å². The van der Waals surface area contributed by atoms with Crippen LogP contribution in [0.3, 0.4) is 0 Å². The predicted octanol–water partition coefficient (Wildman–Crippen LogP) is 2.25. The smallest absolute Gasteiger partial charge is 0.247 e. The molecule has 1 aromatic heterocycles. The summed E-state index contributed by atoms with van der Waals surface area (Å²) in [6.45, 7) is 8.57. The van der Waals surface area contributed by atoms with E-state index in [9.17, 15) is 13.2 Å². The molecular weight excluding hydrogens is 320 g/mol. The van der Waals surface area contributed by atoms with Crippen LogP contribution in [0.5, 0.6) is 0 Å². The number of sulfonamides is 1. The number of primary sulfonamides is 1. The second kappa shape index (κ2) is 5.79. The lowest BCUT2D eigenvalue weighted by Crippen LogP contribution is -2.25. The van der Waals surface area contributed by atoms with Crippen molar-refractivity contribution in [2.45, 2.75) is 38.4 Å². The molecule has 1 aromatic rings. The van der Waals surface area contributed by atoms with Crippen molar-refractivity contribution in [3.05, 3.63) is 28.7 Å². The Kier molecular flexibility index (Phi) is 4.52. The Bertz CT molecular complexity index is 713. The van der Waals surface area contributed by atoms with Gasteiger partial charge in [0.1, 0.15) is 4.21 Å². The maximum Gasteiger partial charge on any atom is 0.247 e. The molecular formula is C15H22N2O3S2. The van der Waals surface area contributed by atoms with Crippen LogP contribution in [0.1, 0.15) is 32.6 Å². The van der Waals surface area contributed by atoms with Gasteiger partial charge in [0.2, 0.25) is 15.9 Å². The van der Waals surface area contributed by atoms with Crippen molar-refractivity contribution in [2.75, 3.05) is 0 Å². The van der Waals surface area contributed by atoms with Crippen molar-refractivity contribution in [1.29, 1.82) is 0 Å². The van der Waals surface area contributed by atoms with E-state index in [0.717, 1.165) is 16.2 Å². The third kappa shape index (κ3) is 3.59. The molecule has 0 radical (unpaired) electrons. The third-order valence-electron chi connectivity index (χ3n) is 4.06. The van der Waals surface area contributed by atoms with Crippen LogP contribution < -0.4 is 10.5 Å². The van der Waals surface area contributed by atoms with Crippen molar-refractivity contribution in [2.24, 2.45) is 22.4 Å². The SMILES string of the molecule is CC(C)=CC1C(C(=O)NCc2ccc(S(N)(=O)=O)s2)C1(C)C. The molecule has 5 nitrogen and oxygen atoms in total. The van der Waals surface area contributed by atoms with E-state index < -0.39 is 10.0 Å². The minimum atomic E-state index is -3.67. The standard InChI is InChI=1S/C15H22N2O3S2/c1-9(2)7-11-13(15(11,3)4)14(18)17-8-10-5-6-12(21-10)22(16,19)20/h5-7,11,13H,8H2,1-4H3,(H,17,18)(H2,16,19,20). The van der Waals surface area contributed by atoms with Crippen LogP contribution in [0.4, 0.5) is 0 Å². The molecule has 22 heavy (non-hydrogen) atoms. The van der Waals surface area contributed by atoms with Gasteiger partial charge in [-0.2, -0.15) is 0 Å². The van der Waals surface area contributed by atoms with Crippen LogP contribution in [0.25, 0.3) is 0 Å². The largest absolute Gasteiger partial charge is 0.351 e. The summed E-state index contributed by atoms with van der Waals surface area (Å²) in [4.78, 5) is 13.1. The van der Waals surface area contributed by atoms with Crippen molar-refractivity contribution in [1.82, 2.24) is 5.32 Å². The normalized spacial score (nSPS) is 23.0. The lowest BCUT2D eigenvalue weighted by molar-refractivity contribution is -0.123. The number of carbonyl (C=O) groups excluding carboxylic acids is 1. The number of rotatable bonds is 5. The molecule has 1 saturated carbocycles. The topological polar surface area (TPSA) is 89.3 Å².